The van der Waals surface area contributed by atoms with E-state index in [1.807, 2.05) is 11.9 Å². The fourth-order valence-electron chi connectivity index (χ4n) is 1.06. The minimum atomic E-state index is 0.466. The summed E-state index contributed by atoms with van der Waals surface area (Å²) in [5.41, 5.74) is 5.72. The van der Waals surface area contributed by atoms with Gasteiger partial charge < -0.3 is 5.73 Å². The molecule has 54 valence electrons. The minimum Gasteiger partial charge on any atom is -0.328 e. The van der Waals surface area contributed by atoms with Gasteiger partial charge in [0.15, 0.2) is 0 Å². The Labute approximate surface area is 60.9 Å². The molecule has 2 N–H and O–H groups in total. The van der Waals surface area contributed by atoms with Gasteiger partial charge in [0.1, 0.15) is 0 Å². The maximum absolute atomic E-state index is 5.72. The predicted octanol–water partition coefficient (Wildman–Crippen LogP) is 0.688. The summed E-state index contributed by atoms with van der Waals surface area (Å²) in [4.78, 5) is 0. The number of rotatable bonds is 1. The van der Waals surface area contributed by atoms with Gasteiger partial charge in [-0.3, -0.25) is 4.31 Å². The van der Waals surface area contributed by atoms with Crippen LogP contribution < -0.4 is 5.73 Å². The zero-order valence-electron chi connectivity index (χ0n) is 5.84. The molecule has 9 heavy (non-hydrogen) atoms. The Hall–Kier alpha value is 0.270. The minimum absolute atomic E-state index is 0.466. The smallest absolute Gasteiger partial charge is 0.0104 e. The summed E-state index contributed by atoms with van der Waals surface area (Å²) in [5.74, 6) is 0. The molecule has 1 aliphatic rings. The lowest BCUT2D eigenvalue weighted by Crippen LogP contribution is -2.35. The molecule has 0 unspecified atom stereocenters. The molecular formula is C6H14N2S. The van der Waals surface area contributed by atoms with Crippen molar-refractivity contribution in [3.8, 4) is 0 Å². The first-order valence-corrected chi connectivity index (χ1v) is 4.55. The molecule has 0 amide bonds. The quantitative estimate of drug-likeness (QED) is 0.552. The lowest BCUT2D eigenvalue weighted by Gasteiger charge is -2.27. The van der Waals surface area contributed by atoms with Crippen LogP contribution in [0.15, 0.2) is 0 Å². The van der Waals surface area contributed by atoms with E-state index in [1.165, 1.54) is 25.9 Å². The molecular weight excluding hydrogens is 132 g/mol. The van der Waals surface area contributed by atoms with Crippen molar-refractivity contribution in [3.05, 3.63) is 0 Å². The highest BCUT2D eigenvalue weighted by Gasteiger charge is 2.13. The summed E-state index contributed by atoms with van der Waals surface area (Å²) in [7, 11) is 0. The van der Waals surface area contributed by atoms with Crippen LogP contribution in [0.3, 0.4) is 0 Å². The molecule has 0 spiro atoms. The van der Waals surface area contributed by atoms with Crippen LogP contribution in [-0.4, -0.2) is 29.7 Å². The fraction of sp³-hybridized carbons (Fsp3) is 1.00. The average Bonchev–Trinajstić information content (AvgIpc) is 1.90. The van der Waals surface area contributed by atoms with E-state index in [1.54, 1.807) is 0 Å². The van der Waals surface area contributed by atoms with Crippen molar-refractivity contribution in [2.45, 2.75) is 18.9 Å². The second-order valence-electron chi connectivity index (χ2n) is 2.45. The van der Waals surface area contributed by atoms with Crippen LogP contribution in [0, 0.1) is 0 Å². The summed E-state index contributed by atoms with van der Waals surface area (Å²) in [6, 6.07) is 0.466. The molecule has 0 aliphatic carbocycles. The Bertz CT molecular complexity index is 79.1. The molecule has 1 saturated heterocycles. The van der Waals surface area contributed by atoms with Gasteiger partial charge in [0.05, 0.1) is 0 Å². The zero-order valence-corrected chi connectivity index (χ0v) is 6.66. The highest BCUT2D eigenvalue weighted by Crippen LogP contribution is 2.14. The highest BCUT2D eigenvalue weighted by molar-refractivity contribution is 7.96. The first-order valence-electron chi connectivity index (χ1n) is 3.37. The van der Waals surface area contributed by atoms with Gasteiger partial charge in [0, 0.05) is 19.1 Å². The second-order valence-corrected chi connectivity index (χ2v) is 3.33. The molecule has 0 atom stereocenters. The zero-order chi connectivity index (χ0) is 6.69. The van der Waals surface area contributed by atoms with E-state index in [9.17, 15) is 0 Å². The predicted molar refractivity (Wildman–Crippen MR) is 42.3 cm³/mol. The van der Waals surface area contributed by atoms with Crippen LogP contribution in [0.5, 0.6) is 0 Å². The normalized spacial score (nSPS) is 24.7. The average molecular weight is 146 g/mol. The topological polar surface area (TPSA) is 29.3 Å². The van der Waals surface area contributed by atoms with Crippen LogP contribution in [0.4, 0.5) is 0 Å². The van der Waals surface area contributed by atoms with Crippen molar-refractivity contribution in [2.24, 2.45) is 5.73 Å². The van der Waals surface area contributed by atoms with Crippen molar-refractivity contribution in [3.63, 3.8) is 0 Å². The van der Waals surface area contributed by atoms with E-state index in [0.717, 1.165) is 0 Å². The standard InChI is InChI=1S/C6H14N2S/c1-9-8-4-2-6(7)3-5-8/h6H,2-5,7H2,1H3. The van der Waals surface area contributed by atoms with Crippen LogP contribution >= 0.6 is 11.9 Å². The largest absolute Gasteiger partial charge is 0.328 e. The third-order valence-electron chi connectivity index (χ3n) is 1.76. The third kappa shape index (κ3) is 2.16. The molecule has 0 bridgehead atoms. The van der Waals surface area contributed by atoms with Gasteiger partial charge in [0.2, 0.25) is 0 Å². The highest BCUT2D eigenvalue weighted by atomic mass is 32.2. The Morgan fingerprint density at radius 2 is 2.00 bits per heavy atom. The van der Waals surface area contributed by atoms with E-state index in [4.69, 9.17) is 5.73 Å². The lowest BCUT2D eigenvalue weighted by atomic mass is 10.1. The first kappa shape index (κ1) is 7.38. The molecule has 3 heteroatoms. The maximum Gasteiger partial charge on any atom is 0.0104 e. The van der Waals surface area contributed by atoms with Crippen molar-refractivity contribution in [1.29, 1.82) is 0 Å². The molecule has 1 heterocycles. The van der Waals surface area contributed by atoms with Crippen LogP contribution in [-0.2, 0) is 0 Å². The van der Waals surface area contributed by atoms with Crippen LogP contribution in [0.1, 0.15) is 12.8 Å². The van der Waals surface area contributed by atoms with Gasteiger partial charge in [-0.05, 0) is 19.1 Å². The van der Waals surface area contributed by atoms with Gasteiger partial charge in [0.25, 0.3) is 0 Å². The Kier molecular flexibility index (Phi) is 2.82. The van der Waals surface area contributed by atoms with E-state index in [2.05, 4.69) is 10.6 Å². The molecule has 0 aromatic rings. The van der Waals surface area contributed by atoms with Gasteiger partial charge >= 0.3 is 0 Å². The van der Waals surface area contributed by atoms with Crippen LogP contribution in [0.25, 0.3) is 0 Å². The second kappa shape index (κ2) is 3.44. The summed E-state index contributed by atoms with van der Waals surface area (Å²) in [6.45, 7) is 2.34. The Morgan fingerprint density at radius 1 is 1.44 bits per heavy atom. The van der Waals surface area contributed by atoms with E-state index >= 15 is 0 Å². The molecule has 1 rings (SSSR count). The molecule has 0 radical (unpaired) electrons. The van der Waals surface area contributed by atoms with Gasteiger partial charge in [-0.15, -0.1) is 0 Å². The molecule has 0 aromatic heterocycles. The Morgan fingerprint density at radius 3 is 2.44 bits per heavy atom. The molecule has 1 aliphatic heterocycles. The first-order chi connectivity index (χ1) is 4.33. The number of piperidine rings is 1. The van der Waals surface area contributed by atoms with Crippen molar-refractivity contribution >= 4 is 11.9 Å². The van der Waals surface area contributed by atoms with Crippen molar-refractivity contribution in [1.82, 2.24) is 4.31 Å². The summed E-state index contributed by atoms with van der Waals surface area (Å²) >= 11 is 1.83. The summed E-state index contributed by atoms with van der Waals surface area (Å²) in [6.07, 6.45) is 4.46. The van der Waals surface area contributed by atoms with E-state index in [-0.39, 0.29) is 0 Å². The molecule has 2 nitrogen and oxygen atoms in total. The summed E-state index contributed by atoms with van der Waals surface area (Å²) < 4.78 is 2.36. The fourth-order valence-corrected chi connectivity index (χ4v) is 1.63. The van der Waals surface area contributed by atoms with E-state index in [0.29, 0.717) is 6.04 Å². The van der Waals surface area contributed by atoms with Gasteiger partial charge in [-0.2, -0.15) is 0 Å². The van der Waals surface area contributed by atoms with Crippen molar-refractivity contribution < 1.29 is 0 Å². The van der Waals surface area contributed by atoms with Gasteiger partial charge in [-0.25, -0.2) is 0 Å². The monoisotopic (exact) mass is 146 g/mol. The number of nitrogens with two attached hydrogens (primary N) is 1. The Balaban J connectivity index is 2.18. The van der Waals surface area contributed by atoms with E-state index < -0.39 is 0 Å². The maximum atomic E-state index is 5.72. The van der Waals surface area contributed by atoms with Crippen molar-refractivity contribution in [2.75, 3.05) is 19.3 Å². The summed E-state index contributed by atoms with van der Waals surface area (Å²) in [5, 5.41) is 0. The number of hydrogen-bond donors (Lipinski definition) is 1. The third-order valence-corrected chi connectivity index (χ3v) is 2.64. The number of hydrogen-bond acceptors (Lipinski definition) is 3. The lowest BCUT2D eigenvalue weighted by molar-refractivity contribution is 0.347. The number of nitrogens with zero attached hydrogens (tertiary/aromatic N) is 1. The van der Waals surface area contributed by atoms with Gasteiger partial charge in [-0.1, -0.05) is 11.9 Å². The molecule has 0 saturated carbocycles. The SMILES string of the molecule is CSN1CCC(N)CC1. The molecule has 0 aromatic carbocycles. The van der Waals surface area contributed by atoms with Crippen LogP contribution in [0.2, 0.25) is 0 Å². The molecule has 1 fully saturated rings.